The highest BCUT2D eigenvalue weighted by Gasteiger charge is 2.43. The molecule has 1 rings (SSSR count). The molecule has 4 amide bonds. The largest absolute Gasteiger partial charge is 0.386 e. The standard InChI is InChI=1S/C23H42N6O4/c1-6-22(7-2,28-18(30)15(3)4)21(33)27-17(11-10-14-26-16(5)24)19(31)29-23(20(25)32)12-8-9-13-23/h15,17,26H,5-14,24H2,1-4H3,(H2,25,32)(H,27,33)(H,28,30)(H,29,31)/t17-/m0/s1. The highest BCUT2D eigenvalue weighted by Crippen LogP contribution is 2.29. The summed E-state index contributed by atoms with van der Waals surface area (Å²) in [5.74, 6) is -1.68. The topological polar surface area (TPSA) is 168 Å². The summed E-state index contributed by atoms with van der Waals surface area (Å²) in [4.78, 5) is 51.1. The Morgan fingerprint density at radius 3 is 2.06 bits per heavy atom. The van der Waals surface area contributed by atoms with E-state index in [1.54, 1.807) is 13.8 Å². The lowest BCUT2D eigenvalue weighted by Gasteiger charge is -2.35. The number of hydrogen-bond donors (Lipinski definition) is 6. The van der Waals surface area contributed by atoms with E-state index in [2.05, 4.69) is 27.8 Å². The predicted octanol–water partition coefficient (Wildman–Crippen LogP) is 0.516. The molecular formula is C23H42N6O4. The first-order valence-electron chi connectivity index (χ1n) is 11.9. The Bertz CT molecular complexity index is 726. The normalized spacial score (nSPS) is 16.0. The van der Waals surface area contributed by atoms with Gasteiger partial charge >= 0.3 is 0 Å². The van der Waals surface area contributed by atoms with E-state index in [9.17, 15) is 19.2 Å². The second-order valence-electron chi connectivity index (χ2n) is 9.20. The van der Waals surface area contributed by atoms with Gasteiger partial charge in [-0.05, 0) is 38.5 Å². The van der Waals surface area contributed by atoms with Gasteiger partial charge in [-0.3, -0.25) is 19.2 Å². The van der Waals surface area contributed by atoms with Gasteiger partial charge in [-0.25, -0.2) is 0 Å². The number of hydrogen-bond acceptors (Lipinski definition) is 6. The van der Waals surface area contributed by atoms with Crippen LogP contribution < -0.4 is 32.7 Å². The minimum atomic E-state index is -1.14. The van der Waals surface area contributed by atoms with Crippen LogP contribution in [0.15, 0.2) is 12.4 Å². The zero-order chi connectivity index (χ0) is 25.2. The summed E-state index contributed by atoms with van der Waals surface area (Å²) in [7, 11) is 0. The molecule has 10 heteroatoms. The van der Waals surface area contributed by atoms with E-state index in [-0.39, 0.29) is 11.8 Å². The Balaban J connectivity index is 3.07. The molecule has 0 saturated heterocycles. The van der Waals surface area contributed by atoms with Crippen molar-refractivity contribution in [3.8, 4) is 0 Å². The minimum absolute atomic E-state index is 0.237. The molecule has 0 spiro atoms. The SMILES string of the molecule is C=C(N)NCCC[C@H](NC(=O)C(CC)(CC)NC(=O)C(C)C)C(=O)NC1(C(N)=O)CCCC1. The van der Waals surface area contributed by atoms with Gasteiger partial charge in [-0.2, -0.15) is 0 Å². The van der Waals surface area contributed by atoms with Crippen LogP contribution in [0.25, 0.3) is 0 Å². The molecule has 188 valence electrons. The van der Waals surface area contributed by atoms with E-state index in [4.69, 9.17) is 11.5 Å². The molecule has 0 radical (unpaired) electrons. The van der Waals surface area contributed by atoms with Gasteiger partial charge in [-0.15, -0.1) is 0 Å². The molecule has 0 aromatic rings. The van der Waals surface area contributed by atoms with Crippen LogP contribution in [-0.4, -0.2) is 47.3 Å². The van der Waals surface area contributed by atoms with E-state index >= 15 is 0 Å². The molecule has 0 aliphatic heterocycles. The molecule has 0 aromatic heterocycles. The first-order valence-corrected chi connectivity index (χ1v) is 11.9. The van der Waals surface area contributed by atoms with Gasteiger partial charge < -0.3 is 32.7 Å². The Labute approximate surface area is 197 Å². The minimum Gasteiger partial charge on any atom is -0.386 e. The maximum absolute atomic E-state index is 13.3. The molecule has 0 aromatic carbocycles. The van der Waals surface area contributed by atoms with Crippen LogP contribution in [0.5, 0.6) is 0 Å². The fraction of sp³-hybridized carbons (Fsp3) is 0.739. The molecule has 1 atom stereocenters. The lowest BCUT2D eigenvalue weighted by molar-refractivity contribution is -0.138. The summed E-state index contributed by atoms with van der Waals surface area (Å²) < 4.78 is 0. The number of rotatable bonds is 14. The molecule has 1 aliphatic carbocycles. The van der Waals surface area contributed by atoms with Gasteiger partial charge in [0.2, 0.25) is 23.6 Å². The third-order valence-electron chi connectivity index (χ3n) is 6.46. The lowest BCUT2D eigenvalue weighted by atomic mass is 9.90. The summed E-state index contributed by atoms with van der Waals surface area (Å²) >= 11 is 0. The Kier molecular flexibility index (Phi) is 10.7. The summed E-state index contributed by atoms with van der Waals surface area (Å²) in [6.45, 7) is 11.2. The van der Waals surface area contributed by atoms with Crippen LogP contribution in [0, 0.1) is 5.92 Å². The van der Waals surface area contributed by atoms with Crippen LogP contribution in [0.3, 0.4) is 0 Å². The number of carbonyl (C=O) groups is 4. The monoisotopic (exact) mass is 466 g/mol. The van der Waals surface area contributed by atoms with Crippen LogP contribution >= 0.6 is 0 Å². The number of nitrogens with one attached hydrogen (secondary N) is 4. The van der Waals surface area contributed by atoms with Crippen molar-refractivity contribution in [3.05, 3.63) is 12.4 Å². The molecule has 10 nitrogen and oxygen atoms in total. The van der Waals surface area contributed by atoms with Crippen molar-refractivity contribution >= 4 is 23.6 Å². The fourth-order valence-corrected chi connectivity index (χ4v) is 4.04. The first kappa shape index (κ1) is 28.3. The second kappa shape index (κ2) is 12.5. The maximum Gasteiger partial charge on any atom is 0.246 e. The van der Waals surface area contributed by atoms with E-state index < -0.39 is 34.8 Å². The number of nitrogens with two attached hydrogens (primary N) is 2. The van der Waals surface area contributed by atoms with Crippen LogP contribution in [0.2, 0.25) is 0 Å². The summed E-state index contributed by atoms with van der Waals surface area (Å²) in [6.07, 6.45) is 4.07. The number of carbonyl (C=O) groups excluding carboxylic acids is 4. The average molecular weight is 467 g/mol. The summed E-state index contributed by atoms with van der Waals surface area (Å²) in [5.41, 5.74) is 8.90. The summed E-state index contributed by atoms with van der Waals surface area (Å²) in [5, 5.41) is 11.4. The lowest BCUT2D eigenvalue weighted by Crippen LogP contribution is -2.64. The third-order valence-corrected chi connectivity index (χ3v) is 6.46. The third kappa shape index (κ3) is 7.64. The van der Waals surface area contributed by atoms with Crippen molar-refractivity contribution in [2.24, 2.45) is 17.4 Å². The van der Waals surface area contributed by atoms with E-state index in [1.165, 1.54) is 0 Å². The first-order chi connectivity index (χ1) is 15.4. The highest BCUT2D eigenvalue weighted by molar-refractivity contribution is 5.97. The van der Waals surface area contributed by atoms with Crippen molar-refractivity contribution in [2.45, 2.75) is 96.2 Å². The van der Waals surface area contributed by atoms with Crippen molar-refractivity contribution < 1.29 is 19.2 Å². The number of amides is 4. The van der Waals surface area contributed by atoms with Crippen molar-refractivity contribution in [1.82, 2.24) is 21.3 Å². The van der Waals surface area contributed by atoms with Gasteiger partial charge in [0.15, 0.2) is 0 Å². The fourth-order valence-electron chi connectivity index (χ4n) is 4.04. The molecule has 8 N–H and O–H groups in total. The number of primary amides is 1. The molecule has 1 aliphatic rings. The molecule has 0 bridgehead atoms. The van der Waals surface area contributed by atoms with Gasteiger partial charge in [0.05, 0.1) is 5.82 Å². The van der Waals surface area contributed by atoms with Crippen LogP contribution in [0.1, 0.15) is 79.1 Å². The average Bonchev–Trinajstić information content (AvgIpc) is 3.23. The summed E-state index contributed by atoms with van der Waals surface area (Å²) in [6, 6.07) is -0.907. The highest BCUT2D eigenvalue weighted by atomic mass is 16.2. The van der Waals surface area contributed by atoms with Crippen molar-refractivity contribution in [1.29, 1.82) is 0 Å². The van der Waals surface area contributed by atoms with Crippen LogP contribution in [-0.2, 0) is 19.2 Å². The van der Waals surface area contributed by atoms with Crippen molar-refractivity contribution in [3.63, 3.8) is 0 Å². The van der Waals surface area contributed by atoms with Gasteiger partial charge in [0.1, 0.15) is 17.1 Å². The molecule has 33 heavy (non-hydrogen) atoms. The zero-order valence-corrected chi connectivity index (χ0v) is 20.5. The van der Waals surface area contributed by atoms with Crippen molar-refractivity contribution in [2.75, 3.05) is 6.54 Å². The molecule has 1 fully saturated rings. The molecule has 1 saturated carbocycles. The quantitative estimate of drug-likeness (QED) is 0.204. The van der Waals surface area contributed by atoms with Gasteiger partial charge in [0, 0.05) is 12.5 Å². The Morgan fingerprint density at radius 1 is 1.03 bits per heavy atom. The van der Waals surface area contributed by atoms with E-state index in [1.807, 2.05) is 13.8 Å². The molecular weight excluding hydrogens is 424 g/mol. The molecule has 0 heterocycles. The second-order valence-corrected chi connectivity index (χ2v) is 9.20. The van der Waals surface area contributed by atoms with Crippen LogP contribution in [0.4, 0.5) is 0 Å². The van der Waals surface area contributed by atoms with Gasteiger partial charge in [-0.1, -0.05) is 47.1 Å². The van der Waals surface area contributed by atoms with E-state index in [0.717, 1.165) is 12.8 Å². The van der Waals surface area contributed by atoms with E-state index in [0.29, 0.717) is 50.9 Å². The zero-order valence-electron chi connectivity index (χ0n) is 20.5. The Morgan fingerprint density at radius 2 is 1.61 bits per heavy atom. The maximum atomic E-state index is 13.3. The smallest absolute Gasteiger partial charge is 0.246 e. The predicted molar refractivity (Wildman–Crippen MR) is 127 cm³/mol. The Hall–Kier alpha value is -2.78. The molecule has 0 unspecified atom stereocenters. The van der Waals surface area contributed by atoms with Gasteiger partial charge in [0.25, 0.3) is 0 Å².